The van der Waals surface area contributed by atoms with Crippen LogP contribution in [0.2, 0.25) is 0 Å². The largest absolute Gasteiger partial charge is 0.338 e. The summed E-state index contributed by atoms with van der Waals surface area (Å²) in [4.78, 5) is 26.2. The second-order valence-electron chi connectivity index (χ2n) is 5.20. The molecule has 0 bridgehead atoms. The average Bonchev–Trinajstić information content (AvgIpc) is 2.34. The zero-order chi connectivity index (χ0) is 13.8. The maximum absolute atomic E-state index is 12.5. The lowest BCUT2D eigenvalue weighted by molar-refractivity contribution is 0.0739. The first kappa shape index (κ1) is 13.8. The Labute approximate surface area is 113 Å². The molecule has 1 fully saturated rings. The number of hydrogen-bond donors (Lipinski definition) is 1. The molecule has 1 saturated heterocycles. The second-order valence-corrected chi connectivity index (χ2v) is 5.20. The van der Waals surface area contributed by atoms with Gasteiger partial charge in [0.2, 0.25) is 0 Å². The SMILES string of the molecule is Cc1n[nH]c(=O)c(C(=O)N2CCCCCCC2)c1C. The lowest BCUT2D eigenvalue weighted by atomic mass is 10.1. The van der Waals surface area contributed by atoms with Crippen molar-refractivity contribution in [2.75, 3.05) is 13.1 Å². The van der Waals surface area contributed by atoms with Crippen LogP contribution in [0.25, 0.3) is 0 Å². The van der Waals surface area contributed by atoms with Crippen molar-refractivity contribution in [2.24, 2.45) is 0 Å². The van der Waals surface area contributed by atoms with E-state index in [0.717, 1.165) is 38.8 Å². The highest BCUT2D eigenvalue weighted by Crippen LogP contribution is 2.14. The number of nitrogens with one attached hydrogen (secondary N) is 1. The maximum Gasteiger partial charge on any atom is 0.277 e. The number of nitrogens with zero attached hydrogens (tertiary/aromatic N) is 2. The fourth-order valence-electron chi connectivity index (χ4n) is 2.49. The maximum atomic E-state index is 12.5. The number of likely N-dealkylation sites (tertiary alicyclic amines) is 1. The number of hydrogen-bond acceptors (Lipinski definition) is 3. The number of aromatic nitrogens is 2. The minimum atomic E-state index is -0.379. The molecule has 19 heavy (non-hydrogen) atoms. The molecular formula is C14H21N3O2. The van der Waals surface area contributed by atoms with Gasteiger partial charge in [0.05, 0.1) is 5.69 Å². The summed E-state index contributed by atoms with van der Waals surface area (Å²) in [6.07, 6.45) is 5.61. The number of amides is 1. The van der Waals surface area contributed by atoms with Crippen molar-refractivity contribution in [3.63, 3.8) is 0 Å². The standard InChI is InChI=1S/C14H21N3O2/c1-10-11(2)15-16-13(18)12(10)14(19)17-8-6-4-3-5-7-9-17/h3-9H2,1-2H3,(H,16,18). The fourth-order valence-corrected chi connectivity index (χ4v) is 2.49. The van der Waals surface area contributed by atoms with Crippen molar-refractivity contribution in [3.05, 3.63) is 27.2 Å². The Balaban J connectivity index is 2.27. The third kappa shape index (κ3) is 3.03. The van der Waals surface area contributed by atoms with E-state index in [4.69, 9.17) is 0 Å². The molecule has 1 N–H and O–H groups in total. The van der Waals surface area contributed by atoms with Crippen LogP contribution in [0.3, 0.4) is 0 Å². The van der Waals surface area contributed by atoms with Crippen molar-refractivity contribution in [2.45, 2.75) is 46.0 Å². The zero-order valence-corrected chi connectivity index (χ0v) is 11.7. The molecule has 0 aromatic carbocycles. The molecule has 1 aromatic heterocycles. The average molecular weight is 263 g/mol. The van der Waals surface area contributed by atoms with E-state index in [1.807, 2.05) is 4.90 Å². The lowest BCUT2D eigenvalue weighted by Crippen LogP contribution is -2.38. The van der Waals surface area contributed by atoms with Gasteiger partial charge in [-0.1, -0.05) is 19.3 Å². The van der Waals surface area contributed by atoms with Gasteiger partial charge in [0.25, 0.3) is 11.5 Å². The van der Waals surface area contributed by atoms with Gasteiger partial charge in [-0.05, 0) is 32.3 Å². The summed E-state index contributed by atoms with van der Waals surface area (Å²) >= 11 is 0. The van der Waals surface area contributed by atoms with Crippen LogP contribution < -0.4 is 5.56 Å². The van der Waals surface area contributed by atoms with Crippen LogP contribution in [0.15, 0.2) is 4.79 Å². The molecule has 104 valence electrons. The molecule has 2 rings (SSSR count). The van der Waals surface area contributed by atoms with Crippen LogP contribution in [-0.2, 0) is 0 Å². The minimum Gasteiger partial charge on any atom is -0.338 e. The number of carbonyl (C=O) groups is 1. The molecule has 5 nitrogen and oxygen atoms in total. The third-order valence-corrected chi connectivity index (χ3v) is 3.83. The smallest absolute Gasteiger partial charge is 0.277 e. The van der Waals surface area contributed by atoms with Gasteiger partial charge in [0.15, 0.2) is 0 Å². The molecule has 0 aliphatic carbocycles. The summed E-state index contributed by atoms with van der Waals surface area (Å²) in [5.74, 6) is -0.147. The fraction of sp³-hybridized carbons (Fsp3) is 0.643. The quantitative estimate of drug-likeness (QED) is 0.840. The second kappa shape index (κ2) is 5.99. The van der Waals surface area contributed by atoms with Gasteiger partial charge < -0.3 is 4.90 Å². The highest BCUT2D eigenvalue weighted by molar-refractivity contribution is 5.95. The molecule has 0 spiro atoms. The van der Waals surface area contributed by atoms with Gasteiger partial charge in [-0.3, -0.25) is 9.59 Å². The van der Waals surface area contributed by atoms with Gasteiger partial charge >= 0.3 is 0 Å². The molecule has 0 atom stereocenters. The highest BCUT2D eigenvalue weighted by atomic mass is 16.2. The zero-order valence-electron chi connectivity index (χ0n) is 11.7. The molecule has 2 heterocycles. The monoisotopic (exact) mass is 263 g/mol. The topological polar surface area (TPSA) is 66.1 Å². The summed E-state index contributed by atoms with van der Waals surface area (Å²) < 4.78 is 0. The molecule has 1 aromatic rings. The highest BCUT2D eigenvalue weighted by Gasteiger charge is 2.22. The molecular weight excluding hydrogens is 242 g/mol. The van der Waals surface area contributed by atoms with Gasteiger partial charge in [0.1, 0.15) is 5.56 Å². The minimum absolute atomic E-state index is 0.147. The Morgan fingerprint density at radius 1 is 1.11 bits per heavy atom. The number of aromatic amines is 1. The molecule has 1 aliphatic rings. The van der Waals surface area contributed by atoms with Crippen molar-refractivity contribution in [3.8, 4) is 0 Å². The van der Waals surface area contributed by atoms with E-state index in [9.17, 15) is 9.59 Å². The van der Waals surface area contributed by atoms with Crippen molar-refractivity contribution in [1.29, 1.82) is 0 Å². The van der Waals surface area contributed by atoms with Crippen molar-refractivity contribution in [1.82, 2.24) is 15.1 Å². The Morgan fingerprint density at radius 3 is 2.32 bits per heavy atom. The number of aryl methyl sites for hydroxylation is 1. The van der Waals surface area contributed by atoms with Gasteiger partial charge in [-0.15, -0.1) is 0 Å². The Morgan fingerprint density at radius 2 is 1.68 bits per heavy atom. The van der Waals surface area contributed by atoms with Gasteiger partial charge in [0, 0.05) is 13.1 Å². The lowest BCUT2D eigenvalue weighted by Gasteiger charge is -2.25. The van der Waals surface area contributed by atoms with E-state index in [2.05, 4.69) is 10.2 Å². The van der Waals surface area contributed by atoms with Crippen LogP contribution in [0, 0.1) is 13.8 Å². The predicted octanol–water partition coefficient (Wildman–Crippen LogP) is 1.79. The van der Waals surface area contributed by atoms with E-state index in [1.54, 1.807) is 13.8 Å². The molecule has 5 heteroatoms. The van der Waals surface area contributed by atoms with Gasteiger partial charge in [-0.25, -0.2) is 5.10 Å². The molecule has 1 aliphatic heterocycles. The summed E-state index contributed by atoms with van der Waals surface area (Å²) in [7, 11) is 0. The summed E-state index contributed by atoms with van der Waals surface area (Å²) in [5.41, 5.74) is 1.27. The van der Waals surface area contributed by atoms with E-state index in [0.29, 0.717) is 11.3 Å². The van der Waals surface area contributed by atoms with Crippen LogP contribution in [0.5, 0.6) is 0 Å². The summed E-state index contributed by atoms with van der Waals surface area (Å²) in [6, 6.07) is 0. The Bertz CT molecular complexity index is 514. The van der Waals surface area contributed by atoms with E-state index < -0.39 is 0 Å². The first-order chi connectivity index (χ1) is 9.11. The van der Waals surface area contributed by atoms with E-state index in [1.165, 1.54) is 6.42 Å². The number of H-pyrrole nitrogens is 1. The van der Waals surface area contributed by atoms with Crippen LogP contribution in [0.1, 0.15) is 53.7 Å². The Hall–Kier alpha value is -1.65. The normalized spacial score (nSPS) is 16.8. The van der Waals surface area contributed by atoms with Crippen molar-refractivity contribution < 1.29 is 4.79 Å². The van der Waals surface area contributed by atoms with Gasteiger partial charge in [-0.2, -0.15) is 5.10 Å². The first-order valence-corrected chi connectivity index (χ1v) is 6.96. The first-order valence-electron chi connectivity index (χ1n) is 6.96. The summed E-state index contributed by atoms with van der Waals surface area (Å²) in [6.45, 7) is 5.09. The molecule has 0 radical (unpaired) electrons. The van der Waals surface area contributed by atoms with Crippen LogP contribution in [0.4, 0.5) is 0 Å². The summed E-state index contributed by atoms with van der Waals surface area (Å²) in [5, 5.41) is 6.30. The third-order valence-electron chi connectivity index (χ3n) is 3.83. The van der Waals surface area contributed by atoms with E-state index in [-0.39, 0.29) is 17.0 Å². The number of rotatable bonds is 1. The van der Waals surface area contributed by atoms with E-state index >= 15 is 0 Å². The Kier molecular flexibility index (Phi) is 4.35. The predicted molar refractivity (Wildman–Crippen MR) is 73.3 cm³/mol. The molecule has 1 amide bonds. The number of carbonyl (C=O) groups excluding carboxylic acids is 1. The molecule has 0 unspecified atom stereocenters. The van der Waals surface area contributed by atoms with Crippen molar-refractivity contribution >= 4 is 5.91 Å². The van der Waals surface area contributed by atoms with Crippen LogP contribution >= 0.6 is 0 Å². The van der Waals surface area contributed by atoms with Crippen LogP contribution in [-0.4, -0.2) is 34.1 Å². The molecule has 0 saturated carbocycles.